The molecule has 4 heterocycles. The first-order chi connectivity index (χ1) is 28.8. The van der Waals surface area contributed by atoms with Crippen molar-refractivity contribution in [3.63, 3.8) is 0 Å². The van der Waals surface area contributed by atoms with Gasteiger partial charge in [-0.2, -0.15) is 0 Å². The predicted octanol–water partition coefficient (Wildman–Crippen LogP) is 14.8. The molecule has 0 fully saturated rings. The molecule has 0 saturated carbocycles. The highest BCUT2D eigenvalue weighted by molar-refractivity contribution is 7.26. The summed E-state index contributed by atoms with van der Waals surface area (Å²) in [7, 11) is 0. The molecule has 4 aromatic heterocycles. The van der Waals surface area contributed by atoms with Gasteiger partial charge in [0.25, 0.3) is 0 Å². The van der Waals surface area contributed by atoms with E-state index in [1.54, 1.807) is 11.3 Å². The fourth-order valence-corrected chi connectivity index (χ4v) is 10.00. The van der Waals surface area contributed by atoms with E-state index in [2.05, 4.69) is 170 Å². The van der Waals surface area contributed by atoms with Gasteiger partial charge in [-0.15, -0.1) is 11.3 Å². The van der Waals surface area contributed by atoms with Gasteiger partial charge in [0.1, 0.15) is 5.58 Å². The molecule has 270 valence electrons. The SMILES string of the molecule is c1ccc(-c2nc(-c3cccc4c3sc3ccccc34)ncc2-c2ccccc2-c2ccc(-c3nc4oc5ccccc5c4c4ccccc34)c3ccccc23)cc1. The van der Waals surface area contributed by atoms with Crippen LogP contribution in [0.2, 0.25) is 0 Å². The molecule has 0 bridgehead atoms. The smallest absolute Gasteiger partial charge is 0.228 e. The quantitative estimate of drug-likeness (QED) is 0.175. The lowest BCUT2D eigenvalue weighted by atomic mass is 9.88. The number of para-hydroxylation sites is 1. The zero-order valence-corrected chi connectivity index (χ0v) is 31.9. The van der Waals surface area contributed by atoms with E-state index in [0.29, 0.717) is 11.5 Å². The second-order valence-corrected chi connectivity index (χ2v) is 15.7. The molecule has 58 heavy (non-hydrogen) atoms. The maximum atomic E-state index is 6.39. The molecule has 0 radical (unpaired) electrons. The molecule has 4 nitrogen and oxygen atoms in total. The minimum Gasteiger partial charge on any atom is -0.438 e. The van der Waals surface area contributed by atoms with Gasteiger partial charge in [-0.25, -0.2) is 15.0 Å². The van der Waals surface area contributed by atoms with Gasteiger partial charge in [-0.05, 0) is 51.0 Å². The van der Waals surface area contributed by atoms with Crippen LogP contribution in [-0.4, -0.2) is 15.0 Å². The summed E-state index contributed by atoms with van der Waals surface area (Å²) in [5.74, 6) is 0.716. The van der Waals surface area contributed by atoms with Crippen LogP contribution in [0.3, 0.4) is 0 Å². The van der Waals surface area contributed by atoms with Crippen LogP contribution >= 0.6 is 11.3 Å². The molecular formula is C53H31N3OS. The molecule has 5 heteroatoms. The number of aromatic nitrogens is 3. The first-order valence-electron chi connectivity index (χ1n) is 19.4. The van der Waals surface area contributed by atoms with Crippen LogP contribution in [0.25, 0.3) is 120 Å². The van der Waals surface area contributed by atoms with E-state index >= 15 is 0 Å². The number of nitrogens with zero attached hydrogens (tertiary/aromatic N) is 3. The molecule has 8 aromatic carbocycles. The molecule has 12 aromatic rings. The molecular weight excluding hydrogens is 727 g/mol. The molecule has 0 aliphatic carbocycles. The Bertz CT molecular complexity index is 3590. The highest BCUT2D eigenvalue weighted by atomic mass is 32.1. The summed E-state index contributed by atoms with van der Waals surface area (Å²) < 4.78 is 8.85. The number of hydrogen-bond acceptors (Lipinski definition) is 5. The second-order valence-electron chi connectivity index (χ2n) is 14.6. The van der Waals surface area contributed by atoms with Crippen LogP contribution in [0.15, 0.2) is 193 Å². The van der Waals surface area contributed by atoms with E-state index in [9.17, 15) is 0 Å². The fraction of sp³-hybridized carbons (Fsp3) is 0. The summed E-state index contributed by atoms with van der Waals surface area (Å²) in [5.41, 5.74) is 10.7. The van der Waals surface area contributed by atoms with E-state index in [1.165, 1.54) is 20.2 Å². The van der Waals surface area contributed by atoms with Gasteiger partial charge in [0.05, 0.1) is 16.8 Å². The maximum Gasteiger partial charge on any atom is 0.228 e. The summed E-state index contributed by atoms with van der Waals surface area (Å²) in [5, 5.41) is 9.10. The van der Waals surface area contributed by atoms with Crippen LogP contribution in [0.1, 0.15) is 0 Å². The van der Waals surface area contributed by atoms with Crippen molar-refractivity contribution < 1.29 is 4.42 Å². The molecule has 0 spiro atoms. The van der Waals surface area contributed by atoms with Crippen LogP contribution in [0.5, 0.6) is 0 Å². The van der Waals surface area contributed by atoms with Crippen molar-refractivity contribution in [3.05, 3.63) is 188 Å². The average Bonchev–Trinajstić information content (AvgIpc) is 3.87. The van der Waals surface area contributed by atoms with E-state index in [-0.39, 0.29) is 0 Å². The van der Waals surface area contributed by atoms with E-state index in [4.69, 9.17) is 19.4 Å². The molecule has 0 N–H and O–H groups in total. The van der Waals surface area contributed by atoms with Crippen LogP contribution in [0.4, 0.5) is 0 Å². The summed E-state index contributed by atoms with van der Waals surface area (Å²) >= 11 is 1.80. The van der Waals surface area contributed by atoms with E-state index in [1.807, 2.05) is 18.3 Å². The lowest BCUT2D eigenvalue weighted by molar-refractivity contribution is 0.655. The first-order valence-corrected chi connectivity index (χ1v) is 20.3. The molecule has 12 rings (SSSR count). The zero-order valence-electron chi connectivity index (χ0n) is 31.1. The minimum absolute atomic E-state index is 0.647. The van der Waals surface area contributed by atoms with E-state index in [0.717, 1.165) is 88.2 Å². The molecule has 0 aliphatic heterocycles. The number of rotatable bonds is 5. The first kappa shape index (κ1) is 32.7. The minimum atomic E-state index is 0.647. The van der Waals surface area contributed by atoms with Crippen LogP contribution < -0.4 is 0 Å². The number of thiophene rings is 1. The Morgan fingerprint density at radius 2 is 0.983 bits per heavy atom. The van der Waals surface area contributed by atoms with Gasteiger partial charge in [0, 0.05) is 59.4 Å². The molecule has 0 saturated heterocycles. The topological polar surface area (TPSA) is 51.8 Å². The van der Waals surface area contributed by atoms with Crippen molar-refractivity contribution >= 4 is 75.1 Å². The average molecular weight is 758 g/mol. The highest BCUT2D eigenvalue weighted by Crippen LogP contribution is 2.45. The summed E-state index contributed by atoms with van der Waals surface area (Å²) in [4.78, 5) is 15.8. The van der Waals surface area contributed by atoms with Crippen molar-refractivity contribution in [2.24, 2.45) is 0 Å². The summed E-state index contributed by atoms with van der Waals surface area (Å²) in [6.07, 6.45) is 2.02. The number of furan rings is 1. The predicted molar refractivity (Wildman–Crippen MR) is 242 cm³/mol. The van der Waals surface area contributed by atoms with Gasteiger partial charge < -0.3 is 4.42 Å². The Hall–Kier alpha value is -7.47. The third-order valence-electron chi connectivity index (χ3n) is 11.4. The lowest BCUT2D eigenvalue weighted by Gasteiger charge is -2.17. The molecule has 0 atom stereocenters. The summed E-state index contributed by atoms with van der Waals surface area (Å²) in [6, 6.07) is 64.0. The van der Waals surface area contributed by atoms with Crippen molar-refractivity contribution in [1.29, 1.82) is 0 Å². The largest absolute Gasteiger partial charge is 0.438 e. The lowest BCUT2D eigenvalue weighted by Crippen LogP contribution is -1.98. The van der Waals surface area contributed by atoms with Crippen molar-refractivity contribution in [2.75, 3.05) is 0 Å². The number of hydrogen-bond donors (Lipinski definition) is 0. The number of pyridine rings is 1. The van der Waals surface area contributed by atoms with Crippen molar-refractivity contribution in [2.45, 2.75) is 0 Å². The van der Waals surface area contributed by atoms with Gasteiger partial charge in [-0.1, -0.05) is 164 Å². The van der Waals surface area contributed by atoms with Crippen molar-refractivity contribution in [1.82, 2.24) is 15.0 Å². The second kappa shape index (κ2) is 13.1. The monoisotopic (exact) mass is 757 g/mol. The molecule has 0 amide bonds. The Morgan fingerprint density at radius 3 is 1.81 bits per heavy atom. The number of benzene rings is 8. The van der Waals surface area contributed by atoms with E-state index < -0.39 is 0 Å². The highest BCUT2D eigenvalue weighted by Gasteiger charge is 2.22. The van der Waals surface area contributed by atoms with Gasteiger partial charge >= 0.3 is 0 Å². The fourth-order valence-electron chi connectivity index (χ4n) is 8.79. The number of fused-ring (bicyclic) bond motifs is 9. The molecule has 0 unspecified atom stereocenters. The van der Waals surface area contributed by atoms with Crippen LogP contribution in [-0.2, 0) is 0 Å². The zero-order chi connectivity index (χ0) is 38.2. The normalized spacial score (nSPS) is 11.8. The molecule has 0 aliphatic rings. The van der Waals surface area contributed by atoms with Gasteiger partial charge in [-0.3, -0.25) is 0 Å². The Labute approximate surface area is 337 Å². The van der Waals surface area contributed by atoms with Crippen LogP contribution in [0, 0.1) is 0 Å². The Morgan fingerprint density at radius 1 is 0.379 bits per heavy atom. The maximum absolute atomic E-state index is 6.39. The Kier molecular flexibility index (Phi) is 7.37. The van der Waals surface area contributed by atoms with Gasteiger partial charge in [0.15, 0.2) is 5.82 Å². The standard InChI is InChI=1S/C53H31N3OS/c1-2-15-32(16-3-1)49-45(31-54-52(55-49)44-26-14-25-42-38-21-11-13-28-47(38)58-51(42)44)36-20-7-5-18-34(36)37-29-30-41(35-19-6-4-17-33(35)37)50-40-23-9-8-22-39(40)48-43-24-10-12-27-46(43)57-53(48)56-50/h1-31H. The summed E-state index contributed by atoms with van der Waals surface area (Å²) in [6.45, 7) is 0. The third-order valence-corrected chi connectivity index (χ3v) is 12.6. The van der Waals surface area contributed by atoms with Crippen molar-refractivity contribution in [3.8, 4) is 56.2 Å². The Balaban J connectivity index is 1.05. The van der Waals surface area contributed by atoms with Gasteiger partial charge in [0.2, 0.25) is 5.71 Å². The third kappa shape index (κ3) is 5.04.